The number of benzene rings is 3. The number of rotatable bonds is 2. The Kier molecular flexibility index (Phi) is 3.66. The van der Waals surface area contributed by atoms with Gasteiger partial charge in [0.1, 0.15) is 0 Å². The Morgan fingerprint density at radius 3 is 2.35 bits per heavy atom. The summed E-state index contributed by atoms with van der Waals surface area (Å²) >= 11 is 0. The lowest BCUT2D eigenvalue weighted by Gasteiger charge is -2.13. The average molecular weight is 302 g/mol. The van der Waals surface area contributed by atoms with Gasteiger partial charge in [-0.25, -0.2) is 0 Å². The van der Waals surface area contributed by atoms with Crippen molar-refractivity contribution in [3.63, 3.8) is 0 Å². The molecule has 0 aliphatic carbocycles. The molecule has 4 rings (SSSR count). The lowest BCUT2D eigenvalue weighted by Crippen LogP contribution is -1.93. The maximum Gasteiger partial charge on any atom is 0.0733 e. The van der Waals surface area contributed by atoms with E-state index < -0.39 is 0 Å². The van der Waals surface area contributed by atoms with Crippen molar-refractivity contribution in [1.82, 2.24) is 0 Å². The first-order valence-corrected chi connectivity index (χ1v) is 8.54. The number of hydrogen-bond acceptors (Lipinski definition) is 1. The van der Waals surface area contributed by atoms with Gasteiger partial charge in [0.05, 0.1) is 13.2 Å². The van der Waals surface area contributed by atoms with Gasteiger partial charge in [-0.05, 0) is 57.0 Å². The van der Waals surface area contributed by atoms with E-state index >= 15 is 0 Å². The van der Waals surface area contributed by atoms with Crippen LogP contribution in [0.4, 0.5) is 0 Å². The van der Waals surface area contributed by atoms with Gasteiger partial charge in [-0.1, -0.05) is 62.4 Å². The molecule has 0 fully saturated rings. The minimum atomic E-state index is 0.689. The van der Waals surface area contributed by atoms with Crippen LogP contribution in [-0.4, -0.2) is 0 Å². The van der Waals surface area contributed by atoms with Gasteiger partial charge in [0.15, 0.2) is 0 Å². The molecule has 0 spiro atoms. The van der Waals surface area contributed by atoms with Crippen LogP contribution in [0.5, 0.6) is 0 Å². The predicted molar refractivity (Wildman–Crippen MR) is 96.6 cm³/mol. The highest BCUT2D eigenvalue weighted by molar-refractivity contribution is 5.92. The van der Waals surface area contributed by atoms with Gasteiger partial charge in [0.2, 0.25) is 0 Å². The Morgan fingerprint density at radius 2 is 1.52 bits per heavy atom. The first-order chi connectivity index (χ1) is 11.3. The molecule has 1 heterocycles. The molecule has 1 aliphatic rings. The van der Waals surface area contributed by atoms with Gasteiger partial charge in [-0.2, -0.15) is 0 Å². The van der Waals surface area contributed by atoms with Gasteiger partial charge >= 0.3 is 0 Å². The van der Waals surface area contributed by atoms with Crippen molar-refractivity contribution in [2.45, 2.75) is 39.9 Å². The topological polar surface area (TPSA) is 9.23 Å². The van der Waals surface area contributed by atoms with Crippen LogP contribution in [0.1, 0.15) is 36.1 Å². The van der Waals surface area contributed by atoms with Crippen molar-refractivity contribution in [3.8, 4) is 11.1 Å². The van der Waals surface area contributed by atoms with Crippen LogP contribution in [0.15, 0.2) is 48.5 Å². The highest BCUT2D eigenvalue weighted by Gasteiger charge is 2.17. The third kappa shape index (κ3) is 2.46. The SMILES string of the molecule is CCc1ccc2c(c1)COCc1c-2ccc2cc(CC)ccc12. The highest BCUT2D eigenvalue weighted by Crippen LogP contribution is 2.36. The zero-order valence-corrected chi connectivity index (χ0v) is 13.9. The molecule has 1 aliphatic heterocycles. The fourth-order valence-corrected chi connectivity index (χ4v) is 3.58. The Labute approximate surface area is 137 Å². The van der Waals surface area contributed by atoms with Crippen LogP contribution in [-0.2, 0) is 30.8 Å². The van der Waals surface area contributed by atoms with Gasteiger partial charge in [0.25, 0.3) is 0 Å². The fraction of sp³-hybridized carbons (Fsp3) is 0.273. The van der Waals surface area contributed by atoms with Crippen LogP contribution in [0.3, 0.4) is 0 Å². The molecule has 0 amide bonds. The molecule has 0 atom stereocenters. The second-order valence-corrected chi connectivity index (χ2v) is 6.34. The monoisotopic (exact) mass is 302 g/mol. The van der Waals surface area contributed by atoms with E-state index in [0.717, 1.165) is 12.8 Å². The predicted octanol–water partition coefficient (Wildman–Crippen LogP) is 5.66. The number of hydrogen-bond donors (Lipinski definition) is 0. The summed E-state index contributed by atoms with van der Waals surface area (Å²) in [6.45, 7) is 5.79. The summed E-state index contributed by atoms with van der Waals surface area (Å²) in [6.07, 6.45) is 2.14. The molecule has 0 unspecified atom stereocenters. The maximum absolute atomic E-state index is 6.01. The summed E-state index contributed by atoms with van der Waals surface area (Å²) in [5, 5.41) is 2.65. The van der Waals surface area contributed by atoms with Crippen molar-refractivity contribution in [3.05, 3.63) is 70.8 Å². The minimum Gasteiger partial charge on any atom is -0.372 e. The summed E-state index contributed by atoms with van der Waals surface area (Å²) in [5.41, 5.74) is 8.07. The van der Waals surface area contributed by atoms with E-state index in [0.29, 0.717) is 13.2 Å². The summed E-state index contributed by atoms with van der Waals surface area (Å²) in [6, 6.07) is 18.2. The summed E-state index contributed by atoms with van der Waals surface area (Å²) < 4.78 is 6.01. The Bertz CT molecular complexity index is 877. The van der Waals surface area contributed by atoms with Crippen LogP contribution in [0, 0.1) is 0 Å². The van der Waals surface area contributed by atoms with Gasteiger partial charge in [-0.3, -0.25) is 0 Å². The fourth-order valence-electron chi connectivity index (χ4n) is 3.58. The maximum atomic E-state index is 6.01. The molecule has 0 aromatic heterocycles. The molecule has 0 saturated carbocycles. The zero-order chi connectivity index (χ0) is 15.8. The molecule has 0 bridgehead atoms. The molecular weight excluding hydrogens is 280 g/mol. The van der Waals surface area contributed by atoms with Crippen molar-refractivity contribution in [1.29, 1.82) is 0 Å². The second kappa shape index (κ2) is 5.82. The first kappa shape index (κ1) is 14.5. The second-order valence-electron chi connectivity index (χ2n) is 6.34. The molecule has 3 aromatic rings. The van der Waals surface area contributed by atoms with Gasteiger partial charge in [-0.15, -0.1) is 0 Å². The average Bonchev–Trinajstić information content (AvgIpc) is 2.79. The molecule has 23 heavy (non-hydrogen) atoms. The third-order valence-corrected chi connectivity index (χ3v) is 4.98. The van der Waals surface area contributed by atoms with E-state index in [9.17, 15) is 0 Å². The standard InChI is InChI=1S/C22H22O/c1-3-15-5-8-19-17(11-15)7-10-21-20-9-6-16(4-2)12-18(20)13-23-14-22(19)21/h5-12H,3-4,13-14H2,1-2H3. The molecule has 0 saturated heterocycles. The van der Waals surface area contributed by atoms with Gasteiger partial charge in [0, 0.05) is 0 Å². The van der Waals surface area contributed by atoms with E-state index in [1.165, 1.54) is 44.2 Å². The zero-order valence-electron chi connectivity index (χ0n) is 13.9. The normalized spacial score (nSPS) is 13.5. The number of ether oxygens (including phenoxy) is 1. The van der Waals surface area contributed by atoms with Crippen molar-refractivity contribution >= 4 is 10.8 Å². The van der Waals surface area contributed by atoms with E-state index in [4.69, 9.17) is 4.74 Å². The number of fused-ring (bicyclic) bond motifs is 5. The highest BCUT2D eigenvalue weighted by atomic mass is 16.5. The lowest BCUT2D eigenvalue weighted by atomic mass is 9.91. The lowest BCUT2D eigenvalue weighted by molar-refractivity contribution is 0.110. The summed E-state index contributed by atoms with van der Waals surface area (Å²) in [7, 11) is 0. The van der Waals surface area contributed by atoms with Crippen LogP contribution >= 0.6 is 0 Å². The van der Waals surface area contributed by atoms with E-state index in [-0.39, 0.29) is 0 Å². The molecular formula is C22H22O. The first-order valence-electron chi connectivity index (χ1n) is 8.54. The van der Waals surface area contributed by atoms with Crippen molar-refractivity contribution in [2.75, 3.05) is 0 Å². The van der Waals surface area contributed by atoms with Crippen LogP contribution in [0.2, 0.25) is 0 Å². The van der Waals surface area contributed by atoms with E-state index in [2.05, 4.69) is 62.4 Å². The largest absolute Gasteiger partial charge is 0.372 e. The smallest absolute Gasteiger partial charge is 0.0733 e. The van der Waals surface area contributed by atoms with Crippen LogP contribution in [0.25, 0.3) is 21.9 Å². The van der Waals surface area contributed by atoms with Crippen molar-refractivity contribution in [2.24, 2.45) is 0 Å². The Morgan fingerprint density at radius 1 is 0.783 bits per heavy atom. The van der Waals surface area contributed by atoms with Crippen LogP contribution < -0.4 is 0 Å². The molecule has 116 valence electrons. The number of aryl methyl sites for hydroxylation is 2. The molecule has 1 heteroatoms. The molecule has 0 radical (unpaired) electrons. The van der Waals surface area contributed by atoms with E-state index in [1.807, 2.05) is 0 Å². The quantitative estimate of drug-likeness (QED) is 0.593. The Hall–Kier alpha value is -2.12. The summed E-state index contributed by atoms with van der Waals surface area (Å²) in [4.78, 5) is 0. The third-order valence-electron chi connectivity index (χ3n) is 4.98. The van der Waals surface area contributed by atoms with Crippen molar-refractivity contribution < 1.29 is 4.74 Å². The molecule has 3 aromatic carbocycles. The molecule has 1 nitrogen and oxygen atoms in total. The van der Waals surface area contributed by atoms with E-state index in [1.54, 1.807) is 0 Å². The molecule has 0 N–H and O–H groups in total. The minimum absolute atomic E-state index is 0.689. The van der Waals surface area contributed by atoms with Gasteiger partial charge < -0.3 is 4.74 Å². The Balaban J connectivity index is 1.95. The summed E-state index contributed by atoms with van der Waals surface area (Å²) in [5.74, 6) is 0.